The van der Waals surface area contributed by atoms with Gasteiger partial charge >= 0.3 is 6.18 Å². The lowest BCUT2D eigenvalue weighted by atomic mass is 10.1. The van der Waals surface area contributed by atoms with E-state index in [2.05, 4.69) is 16.8 Å². The van der Waals surface area contributed by atoms with Gasteiger partial charge < -0.3 is 15.5 Å². The lowest BCUT2D eigenvalue weighted by Gasteiger charge is -2.24. The predicted molar refractivity (Wildman–Crippen MR) is 73.7 cm³/mol. The fraction of sp³-hybridized carbons (Fsp3) is 0.571. The molecule has 0 aromatic heterocycles. The van der Waals surface area contributed by atoms with Crippen LogP contribution in [0.15, 0.2) is 18.2 Å². The van der Waals surface area contributed by atoms with Crippen LogP contribution in [0.5, 0.6) is 0 Å². The van der Waals surface area contributed by atoms with Crippen molar-refractivity contribution in [3.8, 4) is 0 Å². The molecule has 1 saturated heterocycles. The standard InChI is InChI=1S/C14H20F3N3/c1-19-5-2-6-20(8-7-19)12-3-4-13(14(15,16)17)11(9-12)10-18/h3-4,9H,2,5-8,10,18H2,1H3. The van der Waals surface area contributed by atoms with E-state index in [0.29, 0.717) is 0 Å². The number of rotatable bonds is 2. The molecule has 1 aromatic rings. The normalized spacial score (nSPS) is 18.1. The Balaban J connectivity index is 2.25. The number of benzene rings is 1. The van der Waals surface area contributed by atoms with Crippen molar-refractivity contribution < 1.29 is 13.2 Å². The summed E-state index contributed by atoms with van der Waals surface area (Å²) in [4.78, 5) is 4.36. The van der Waals surface area contributed by atoms with Crippen molar-refractivity contribution in [2.24, 2.45) is 5.73 Å². The lowest BCUT2D eigenvalue weighted by Crippen LogP contribution is -2.29. The number of halogens is 3. The molecule has 2 N–H and O–H groups in total. The van der Waals surface area contributed by atoms with Crippen LogP contribution in [0.4, 0.5) is 18.9 Å². The third-order valence-corrected chi connectivity index (χ3v) is 3.70. The molecule has 20 heavy (non-hydrogen) atoms. The van der Waals surface area contributed by atoms with Gasteiger partial charge in [-0.1, -0.05) is 0 Å². The quantitative estimate of drug-likeness (QED) is 0.906. The zero-order valence-electron chi connectivity index (χ0n) is 11.6. The molecule has 1 aliphatic rings. The van der Waals surface area contributed by atoms with Crippen molar-refractivity contribution in [2.75, 3.05) is 38.1 Å². The molecule has 1 aliphatic heterocycles. The van der Waals surface area contributed by atoms with E-state index < -0.39 is 11.7 Å². The summed E-state index contributed by atoms with van der Waals surface area (Å²) in [5, 5.41) is 0. The van der Waals surface area contributed by atoms with E-state index in [1.165, 1.54) is 0 Å². The molecule has 112 valence electrons. The average Bonchev–Trinajstić information content (AvgIpc) is 2.62. The molecule has 0 spiro atoms. The lowest BCUT2D eigenvalue weighted by molar-refractivity contribution is -0.138. The van der Waals surface area contributed by atoms with Gasteiger partial charge in [-0.05, 0) is 43.8 Å². The third-order valence-electron chi connectivity index (χ3n) is 3.70. The number of anilines is 1. The molecule has 0 amide bonds. The summed E-state index contributed by atoms with van der Waals surface area (Å²) < 4.78 is 38.5. The molecule has 0 aliphatic carbocycles. The van der Waals surface area contributed by atoms with E-state index in [-0.39, 0.29) is 12.1 Å². The van der Waals surface area contributed by atoms with Gasteiger partial charge in [0.25, 0.3) is 0 Å². The predicted octanol–water partition coefficient (Wildman–Crippen LogP) is 2.31. The molecule has 3 nitrogen and oxygen atoms in total. The SMILES string of the molecule is CN1CCCN(c2ccc(C(F)(F)F)c(CN)c2)CC1. The van der Waals surface area contributed by atoms with E-state index in [9.17, 15) is 13.2 Å². The Labute approximate surface area is 117 Å². The molecule has 0 bridgehead atoms. The van der Waals surface area contributed by atoms with Gasteiger partial charge in [-0.15, -0.1) is 0 Å². The summed E-state index contributed by atoms with van der Waals surface area (Å²) in [5.74, 6) is 0. The van der Waals surface area contributed by atoms with Gasteiger partial charge in [-0.3, -0.25) is 0 Å². The average molecular weight is 287 g/mol. The van der Waals surface area contributed by atoms with E-state index in [1.54, 1.807) is 12.1 Å². The molecule has 0 atom stereocenters. The maximum atomic E-state index is 12.8. The van der Waals surface area contributed by atoms with Crippen molar-refractivity contribution in [1.82, 2.24) is 4.90 Å². The van der Waals surface area contributed by atoms with Gasteiger partial charge in [-0.25, -0.2) is 0 Å². The van der Waals surface area contributed by atoms with Crippen molar-refractivity contribution in [3.63, 3.8) is 0 Å². The molecule has 1 aromatic carbocycles. The molecular weight excluding hydrogens is 267 g/mol. The van der Waals surface area contributed by atoms with Crippen LogP contribution in [0.3, 0.4) is 0 Å². The van der Waals surface area contributed by atoms with Gasteiger partial charge in [0.1, 0.15) is 0 Å². The number of nitrogens with zero attached hydrogens (tertiary/aromatic N) is 2. The smallest absolute Gasteiger partial charge is 0.370 e. The minimum absolute atomic E-state index is 0.101. The Morgan fingerprint density at radius 3 is 2.55 bits per heavy atom. The summed E-state index contributed by atoms with van der Waals surface area (Å²) in [6.45, 7) is 3.52. The monoisotopic (exact) mass is 287 g/mol. The van der Waals surface area contributed by atoms with Gasteiger partial charge in [0, 0.05) is 31.9 Å². The molecule has 0 saturated carbocycles. The molecular formula is C14H20F3N3. The molecule has 2 rings (SSSR count). The summed E-state index contributed by atoms with van der Waals surface area (Å²) in [7, 11) is 2.06. The Morgan fingerprint density at radius 1 is 1.15 bits per heavy atom. The van der Waals surface area contributed by atoms with Crippen molar-refractivity contribution in [1.29, 1.82) is 0 Å². The first-order chi connectivity index (χ1) is 9.41. The van der Waals surface area contributed by atoms with Crippen LogP contribution in [0.2, 0.25) is 0 Å². The summed E-state index contributed by atoms with van der Waals surface area (Å²) in [6.07, 6.45) is -3.33. The van der Waals surface area contributed by atoms with E-state index in [0.717, 1.165) is 44.4 Å². The second-order valence-electron chi connectivity index (χ2n) is 5.19. The van der Waals surface area contributed by atoms with Crippen LogP contribution in [-0.2, 0) is 12.7 Å². The molecule has 0 unspecified atom stereocenters. The van der Waals surface area contributed by atoms with Crippen LogP contribution >= 0.6 is 0 Å². The third kappa shape index (κ3) is 3.43. The maximum Gasteiger partial charge on any atom is 0.416 e. The topological polar surface area (TPSA) is 32.5 Å². The second-order valence-corrected chi connectivity index (χ2v) is 5.19. The molecule has 0 radical (unpaired) electrons. The highest BCUT2D eigenvalue weighted by Crippen LogP contribution is 2.34. The molecule has 1 heterocycles. The highest BCUT2D eigenvalue weighted by molar-refractivity contribution is 5.52. The van der Waals surface area contributed by atoms with Crippen molar-refractivity contribution >= 4 is 5.69 Å². The van der Waals surface area contributed by atoms with Crippen LogP contribution in [0.1, 0.15) is 17.5 Å². The van der Waals surface area contributed by atoms with Gasteiger partial charge in [0.05, 0.1) is 5.56 Å². The zero-order chi connectivity index (χ0) is 14.8. The van der Waals surface area contributed by atoms with Crippen molar-refractivity contribution in [3.05, 3.63) is 29.3 Å². The summed E-state index contributed by atoms with van der Waals surface area (Å²) >= 11 is 0. The first kappa shape index (κ1) is 15.1. The Bertz CT molecular complexity index is 459. The Morgan fingerprint density at radius 2 is 1.90 bits per heavy atom. The maximum absolute atomic E-state index is 12.8. The first-order valence-electron chi connectivity index (χ1n) is 6.75. The number of hydrogen-bond donors (Lipinski definition) is 1. The largest absolute Gasteiger partial charge is 0.416 e. The van der Waals surface area contributed by atoms with Crippen molar-refractivity contribution in [2.45, 2.75) is 19.1 Å². The highest BCUT2D eigenvalue weighted by Gasteiger charge is 2.33. The molecule has 6 heteroatoms. The fourth-order valence-corrected chi connectivity index (χ4v) is 2.53. The minimum atomic E-state index is -4.34. The van der Waals surface area contributed by atoms with Crippen LogP contribution in [-0.4, -0.2) is 38.1 Å². The van der Waals surface area contributed by atoms with Crippen LogP contribution < -0.4 is 10.6 Å². The summed E-state index contributed by atoms with van der Waals surface area (Å²) in [5.41, 5.74) is 5.83. The van der Waals surface area contributed by atoms with E-state index >= 15 is 0 Å². The Hall–Kier alpha value is -1.27. The minimum Gasteiger partial charge on any atom is -0.370 e. The van der Waals surface area contributed by atoms with Crippen LogP contribution in [0, 0.1) is 0 Å². The summed E-state index contributed by atoms with van der Waals surface area (Å²) in [6, 6.07) is 4.27. The number of hydrogen-bond acceptors (Lipinski definition) is 3. The van der Waals surface area contributed by atoms with E-state index in [4.69, 9.17) is 5.73 Å². The zero-order valence-corrected chi connectivity index (χ0v) is 11.6. The number of alkyl halides is 3. The van der Waals surface area contributed by atoms with Gasteiger partial charge in [0.15, 0.2) is 0 Å². The first-order valence-corrected chi connectivity index (χ1v) is 6.75. The molecule has 1 fully saturated rings. The highest BCUT2D eigenvalue weighted by atomic mass is 19.4. The number of nitrogens with two attached hydrogens (primary N) is 1. The second kappa shape index (κ2) is 6.01. The van der Waals surface area contributed by atoms with Crippen LogP contribution in [0.25, 0.3) is 0 Å². The number of likely N-dealkylation sites (N-methyl/N-ethyl adjacent to an activating group) is 1. The van der Waals surface area contributed by atoms with Gasteiger partial charge in [-0.2, -0.15) is 13.2 Å². The Kier molecular flexibility index (Phi) is 4.55. The van der Waals surface area contributed by atoms with E-state index in [1.807, 2.05) is 0 Å². The van der Waals surface area contributed by atoms with Gasteiger partial charge in [0.2, 0.25) is 0 Å². The fourth-order valence-electron chi connectivity index (χ4n) is 2.53.